The molecular weight excluding hydrogens is 120 g/mol. The lowest BCUT2D eigenvalue weighted by atomic mass is 9.96. The van der Waals surface area contributed by atoms with E-state index in [4.69, 9.17) is 0 Å². The first kappa shape index (κ1) is 7.33. The fourth-order valence-electron chi connectivity index (χ4n) is 1.18. The molecule has 0 amide bonds. The molecule has 0 nitrogen and oxygen atoms in total. The Morgan fingerprint density at radius 3 is 3.00 bits per heavy atom. The van der Waals surface area contributed by atoms with Gasteiger partial charge in [-0.15, -0.1) is 6.58 Å². The van der Waals surface area contributed by atoms with Gasteiger partial charge in [0.2, 0.25) is 0 Å². The lowest BCUT2D eigenvalue weighted by molar-refractivity contribution is 0.602. The molecule has 0 bridgehead atoms. The molecule has 0 heterocycles. The molecule has 0 saturated carbocycles. The molecule has 0 aromatic rings. The van der Waals surface area contributed by atoms with Gasteiger partial charge in [-0.1, -0.05) is 30.4 Å². The highest BCUT2D eigenvalue weighted by atomic mass is 14.1. The molecule has 0 fully saturated rings. The molecule has 0 radical (unpaired) electrons. The molecule has 1 aliphatic rings. The summed E-state index contributed by atoms with van der Waals surface area (Å²) in [5, 5.41) is 0. The monoisotopic (exact) mass is 134 g/mol. The van der Waals surface area contributed by atoms with Crippen molar-refractivity contribution >= 4 is 0 Å². The van der Waals surface area contributed by atoms with Gasteiger partial charge in [0.15, 0.2) is 0 Å². The van der Waals surface area contributed by atoms with Gasteiger partial charge >= 0.3 is 0 Å². The summed E-state index contributed by atoms with van der Waals surface area (Å²) in [6.07, 6.45) is 14.4. The van der Waals surface area contributed by atoms with Crippen LogP contribution in [-0.4, -0.2) is 0 Å². The molecule has 54 valence electrons. The van der Waals surface area contributed by atoms with Crippen LogP contribution in [0, 0.1) is 5.92 Å². The van der Waals surface area contributed by atoms with Gasteiger partial charge in [0.25, 0.3) is 0 Å². The van der Waals surface area contributed by atoms with Crippen molar-refractivity contribution < 1.29 is 0 Å². The minimum atomic E-state index is 0.767. The zero-order valence-electron chi connectivity index (χ0n) is 6.29. The molecule has 0 saturated heterocycles. The van der Waals surface area contributed by atoms with E-state index in [0.717, 1.165) is 12.3 Å². The predicted octanol–water partition coefficient (Wildman–Crippen LogP) is 3.08. The smallest absolute Gasteiger partial charge is 0.0193 e. The highest BCUT2D eigenvalue weighted by molar-refractivity contribution is 5.10. The highest BCUT2D eigenvalue weighted by Crippen LogP contribution is 2.16. The zero-order valence-corrected chi connectivity index (χ0v) is 6.29. The maximum absolute atomic E-state index is 3.70. The van der Waals surface area contributed by atoms with Crippen molar-refractivity contribution in [3.63, 3.8) is 0 Å². The van der Waals surface area contributed by atoms with Gasteiger partial charge in [-0.25, -0.2) is 0 Å². The van der Waals surface area contributed by atoms with Crippen molar-refractivity contribution in [2.75, 3.05) is 0 Å². The summed E-state index contributed by atoms with van der Waals surface area (Å²) in [5.41, 5.74) is 0. The third-order valence-electron chi connectivity index (χ3n) is 1.81. The first-order chi connectivity index (χ1) is 4.93. The highest BCUT2D eigenvalue weighted by Gasteiger charge is 2.02. The second-order valence-corrected chi connectivity index (χ2v) is 2.67. The summed E-state index contributed by atoms with van der Waals surface area (Å²) in [5.74, 6) is 0.767. The summed E-state index contributed by atoms with van der Waals surface area (Å²) in [6.45, 7) is 3.70. The third-order valence-corrected chi connectivity index (χ3v) is 1.81. The Labute approximate surface area is 62.9 Å². The van der Waals surface area contributed by atoms with E-state index in [2.05, 4.69) is 30.9 Å². The van der Waals surface area contributed by atoms with Crippen LogP contribution in [0.4, 0.5) is 0 Å². The number of hydrogen-bond donors (Lipinski definition) is 0. The van der Waals surface area contributed by atoms with E-state index in [1.54, 1.807) is 0 Å². The second kappa shape index (κ2) is 4.10. The van der Waals surface area contributed by atoms with Crippen molar-refractivity contribution in [1.82, 2.24) is 0 Å². The standard InChI is InChI=1S/C10H14/c1-2-3-7-10-8-5-4-6-9-10/h2,4-6,8,10H,1,3,7,9H2. The van der Waals surface area contributed by atoms with Crippen LogP contribution in [0.1, 0.15) is 19.3 Å². The van der Waals surface area contributed by atoms with Gasteiger partial charge in [-0.05, 0) is 25.2 Å². The molecule has 0 spiro atoms. The van der Waals surface area contributed by atoms with Crippen LogP contribution in [0.25, 0.3) is 0 Å². The Morgan fingerprint density at radius 2 is 2.40 bits per heavy atom. The van der Waals surface area contributed by atoms with Crippen molar-refractivity contribution in [2.24, 2.45) is 5.92 Å². The molecule has 1 rings (SSSR count). The maximum Gasteiger partial charge on any atom is -0.0193 e. The molecule has 1 aliphatic carbocycles. The Kier molecular flexibility index (Phi) is 3.01. The van der Waals surface area contributed by atoms with Gasteiger partial charge in [0, 0.05) is 0 Å². The summed E-state index contributed by atoms with van der Waals surface area (Å²) in [4.78, 5) is 0. The summed E-state index contributed by atoms with van der Waals surface area (Å²) in [6, 6.07) is 0. The number of hydrogen-bond acceptors (Lipinski definition) is 0. The van der Waals surface area contributed by atoms with E-state index >= 15 is 0 Å². The average molecular weight is 134 g/mol. The Balaban J connectivity index is 2.23. The van der Waals surface area contributed by atoms with E-state index < -0.39 is 0 Å². The van der Waals surface area contributed by atoms with E-state index in [-0.39, 0.29) is 0 Å². The SMILES string of the molecule is C=CCCC1C=CC=CC1. The molecule has 1 unspecified atom stereocenters. The lowest BCUT2D eigenvalue weighted by Crippen LogP contribution is -1.95. The number of rotatable bonds is 3. The van der Waals surface area contributed by atoms with Crippen molar-refractivity contribution in [2.45, 2.75) is 19.3 Å². The minimum absolute atomic E-state index is 0.767. The van der Waals surface area contributed by atoms with Gasteiger partial charge in [0.05, 0.1) is 0 Å². The van der Waals surface area contributed by atoms with Crippen LogP contribution in [0.3, 0.4) is 0 Å². The largest absolute Gasteiger partial charge is 0.103 e. The number of allylic oxidation sites excluding steroid dienone is 5. The van der Waals surface area contributed by atoms with Crippen LogP contribution in [0.5, 0.6) is 0 Å². The first-order valence-corrected chi connectivity index (χ1v) is 3.87. The summed E-state index contributed by atoms with van der Waals surface area (Å²) < 4.78 is 0. The molecule has 1 atom stereocenters. The summed E-state index contributed by atoms with van der Waals surface area (Å²) >= 11 is 0. The molecule has 10 heavy (non-hydrogen) atoms. The van der Waals surface area contributed by atoms with Crippen LogP contribution >= 0.6 is 0 Å². The third kappa shape index (κ3) is 2.22. The van der Waals surface area contributed by atoms with Crippen molar-refractivity contribution in [3.8, 4) is 0 Å². The van der Waals surface area contributed by atoms with E-state index in [1.807, 2.05) is 6.08 Å². The van der Waals surface area contributed by atoms with Gasteiger partial charge in [0.1, 0.15) is 0 Å². The Morgan fingerprint density at radius 1 is 1.50 bits per heavy atom. The Hall–Kier alpha value is -0.780. The predicted molar refractivity (Wildman–Crippen MR) is 45.8 cm³/mol. The fraction of sp³-hybridized carbons (Fsp3) is 0.400. The minimum Gasteiger partial charge on any atom is -0.103 e. The van der Waals surface area contributed by atoms with E-state index in [1.165, 1.54) is 12.8 Å². The van der Waals surface area contributed by atoms with Gasteiger partial charge < -0.3 is 0 Å². The molecule has 0 heteroatoms. The molecule has 0 aliphatic heterocycles. The second-order valence-electron chi connectivity index (χ2n) is 2.67. The topological polar surface area (TPSA) is 0 Å². The van der Waals surface area contributed by atoms with Gasteiger partial charge in [-0.2, -0.15) is 0 Å². The molecule has 0 N–H and O–H groups in total. The lowest BCUT2D eigenvalue weighted by Gasteiger charge is -2.10. The van der Waals surface area contributed by atoms with Crippen LogP contribution in [0.15, 0.2) is 37.0 Å². The average Bonchev–Trinajstić information content (AvgIpc) is 2.03. The van der Waals surface area contributed by atoms with Crippen LogP contribution < -0.4 is 0 Å². The fourth-order valence-corrected chi connectivity index (χ4v) is 1.18. The van der Waals surface area contributed by atoms with E-state index in [0.29, 0.717) is 0 Å². The zero-order chi connectivity index (χ0) is 7.23. The van der Waals surface area contributed by atoms with Crippen molar-refractivity contribution in [1.29, 1.82) is 0 Å². The van der Waals surface area contributed by atoms with Crippen LogP contribution in [-0.2, 0) is 0 Å². The first-order valence-electron chi connectivity index (χ1n) is 3.87. The quantitative estimate of drug-likeness (QED) is 0.520. The molecule has 0 aromatic heterocycles. The molecule has 0 aromatic carbocycles. The Bertz CT molecular complexity index is 151. The maximum atomic E-state index is 3.70. The van der Waals surface area contributed by atoms with E-state index in [9.17, 15) is 0 Å². The normalized spacial score (nSPS) is 23.0. The summed E-state index contributed by atoms with van der Waals surface area (Å²) in [7, 11) is 0. The van der Waals surface area contributed by atoms with Gasteiger partial charge in [-0.3, -0.25) is 0 Å². The van der Waals surface area contributed by atoms with Crippen molar-refractivity contribution in [3.05, 3.63) is 37.0 Å². The molecular formula is C10H14. The van der Waals surface area contributed by atoms with Crippen LogP contribution in [0.2, 0.25) is 0 Å².